The highest BCUT2D eigenvalue weighted by Crippen LogP contribution is 2.17. The smallest absolute Gasteiger partial charge is 0.146 e. The van der Waals surface area contributed by atoms with Crippen LogP contribution in [0.4, 0.5) is 11.5 Å². The first-order valence-corrected chi connectivity index (χ1v) is 5.13. The molecule has 5 nitrogen and oxygen atoms in total. The highest BCUT2D eigenvalue weighted by molar-refractivity contribution is 5.58. The van der Waals surface area contributed by atoms with Crippen molar-refractivity contribution in [2.24, 2.45) is 0 Å². The quantitative estimate of drug-likeness (QED) is 0.749. The number of nitrogens with zero attached hydrogens (tertiary/aromatic N) is 3. The van der Waals surface area contributed by atoms with Crippen LogP contribution in [0.1, 0.15) is 12.5 Å². The van der Waals surface area contributed by atoms with E-state index in [1.807, 2.05) is 18.9 Å². The van der Waals surface area contributed by atoms with E-state index in [-0.39, 0.29) is 0 Å². The molecule has 0 fully saturated rings. The van der Waals surface area contributed by atoms with Crippen molar-refractivity contribution in [1.29, 1.82) is 5.26 Å². The van der Waals surface area contributed by atoms with Gasteiger partial charge in [0.25, 0.3) is 0 Å². The molecular formula is C11H16N4O. The van der Waals surface area contributed by atoms with Crippen LogP contribution in [0.25, 0.3) is 0 Å². The second-order valence-corrected chi connectivity index (χ2v) is 3.37. The van der Waals surface area contributed by atoms with Gasteiger partial charge in [-0.05, 0) is 13.0 Å². The van der Waals surface area contributed by atoms with Crippen LogP contribution in [0.2, 0.25) is 0 Å². The van der Waals surface area contributed by atoms with Crippen LogP contribution < -0.4 is 10.6 Å². The Morgan fingerprint density at radius 2 is 2.38 bits per heavy atom. The second-order valence-electron chi connectivity index (χ2n) is 3.37. The molecule has 0 saturated carbocycles. The fourth-order valence-corrected chi connectivity index (χ4v) is 1.31. The zero-order valence-corrected chi connectivity index (χ0v) is 9.60. The third-order valence-corrected chi connectivity index (χ3v) is 2.14. The maximum Gasteiger partial charge on any atom is 0.146 e. The van der Waals surface area contributed by atoms with Gasteiger partial charge in [0.15, 0.2) is 0 Å². The molecule has 0 aliphatic rings. The van der Waals surface area contributed by atoms with Crippen LogP contribution in [-0.2, 0) is 4.74 Å². The maximum atomic E-state index is 8.96. The summed E-state index contributed by atoms with van der Waals surface area (Å²) >= 11 is 0. The van der Waals surface area contributed by atoms with Crippen molar-refractivity contribution < 1.29 is 4.74 Å². The van der Waals surface area contributed by atoms with Crippen LogP contribution in [0.15, 0.2) is 12.3 Å². The Hall–Kier alpha value is -1.80. The van der Waals surface area contributed by atoms with Gasteiger partial charge < -0.3 is 15.4 Å². The van der Waals surface area contributed by atoms with Gasteiger partial charge in [0.05, 0.1) is 24.1 Å². The first kappa shape index (κ1) is 12.3. The van der Waals surface area contributed by atoms with Crippen molar-refractivity contribution in [3.63, 3.8) is 0 Å². The van der Waals surface area contributed by atoms with Crippen molar-refractivity contribution in [2.75, 3.05) is 37.4 Å². The van der Waals surface area contributed by atoms with Gasteiger partial charge in [-0.15, -0.1) is 0 Å². The number of likely N-dealkylation sites (N-methyl/N-ethyl adjacent to an activating group) is 1. The number of nitrogens with two attached hydrogens (primary N) is 1. The molecule has 0 saturated heterocycles. The van der Waals surface area contributed by atoms with E-state index in [4.69, 9.17) is 15.7 Å². The molecule has 1 heterocycles. The van der Waals surface area contributed by atoms with Gasteiger partial charge in [-0.1, -0.05) is 0 Å². The molecule has 5 heteroatoms. The Labute approximate surface area is 95.4 Å². The minimum Gasteiger partial charge on any atom is -0.397 e. The first-order chi connectivity index (χ1) is 7.69. The molecule has 1 aromatic heterocycles. The Morgan fingerprint density at radius 3 is 3.00 bits per heavy atom. The summed E-state index contributed by atoms with van der Waals surface area (Å²) in [7, 11) is 1.87. The number of aromatic nitrogens is 1. The lowest BCUT2D eigenvalue weighted by molar-refractivity contribution is 0.154. The highest BCUT2D eigenvalue weighted by atomic mass is 16.5. The van der Waals surface area contributed by atoms with Crippen LogP contribution in [0.3, 0.4) is 0 Å². The highest BCUT2D eigenvalue weighted by Gasteiger charge is 2.08. The summed E-state index contributed by atoms with van der Waals surface area (Å²) in [4.78, 5) is 6.03. The number of hydrogen-bond acceptors (Lipinski definition) is 5. The molecule has 0 aliphatic heterocycles. The summed E-state index contributed by atoms with van der Waals surface area (Å²) in [6, 6.07) is 3.71. The molecule has 0 unspecified atom stereocenters. The van der Waals surface area contributed by atoms with Gasteiger partial charge in [0.1, 0.15) is 11.9 Å². The number of nitriles is 1. The molecule has 0 bridgehead atoms. The summed E-state index contributed by atoms with van der Waals surface area (Å²) < 4.78 is 5.25. The van der Waals surface area contributed by atoms with E-state index in [9.17, 15) is 0 Å². The lowest BCUT2D eigenvalue weighted by Gasteiger charge is -2.19. The van der Waals surface area contributed by atoms with Crippen molar-refractivity contribution in [1.82, 2.24) is 4.98 Å². The van der Waals surface area contributed by atoms with E-state index in [1.54, 1.807) is 12.3 Å². The predicted octanol–water partition coefficient (Wildman–Crippen LogP) is 1.01. The molecule has 0 amide bonds. The molecule has 0 aliphatic carbocycles. The summed E-state index contributed by atoms with van der Waals surface area (Å²) in [5.41, 5.74) is 6.55. The standard InChI is InChI=1S/C11H16N4O/c1-3-16-5-4-15(2)11-9(7-12)6-10(13)8-14-11/h6,8H,3-5,13H2,1-2H3. The Kier molecular flexibility index (Phi) is 4.55. The largest absolute Gasteiger partial charge is 0.397 e. The van der Waals surface area contributed by atoms with Gasteiger partial charge in [-0.25, -0.2) is 4.98 Å². The van der Waals surface area contributed by atoms with Crippen molar-refractivity contribution >= 4 is 11.5 Å². The Bertz CT molecular complexity index is 386. The number of anilines is 2. The van der Waals surface area contributed by atoms with Crippen LogP contribution >= 0.6 is 0 Å². The van der Waals surface area contributed by atoms with Crippen LogP contribution in [0.5, 0.6) is 0 Å². The van der Waals surface area contributed by atoms with E-state index in [1.165, 1.54) is 0 Å². The minimum absolute atomic E-state index is 0.485. The van der Waals surface area contributed by atoms with Crippen LogP contribution in [-0.4, -0.2) is 31.8 Å². The zero-order valence-electron chi connectivity index (χ0n) is 9.60. The monoisotopic (exact) mass is 220 g/mol. The first-order valence-electron chi connectivity index (χ1n) is 5.13. The van der Waals surface area contributed by atoms with Gasteiger partial charge in [0.2, 0.25) is 0 Å². The summed E-state index contributed by atoms with van der Waals surface area (Å²) in [6.45, 7) is 3.94. The fraction of sp³-hybridized carbons (Fsp3) is 0.455. The average Bonchev–Trinajstić information content (AvgIpc) is 2.29. The van der Waals surface area contributed by atoms with E-state index in [0.29, 0.717) is 36.8 Å². The zero-order chi connectivity index (χ0) is 12.0. The number of pyridine rings is 1. The second kappa shape index (κ2) is 5.93. The fourth-order valence-electron chi connectivity index (χ4n) is 1.31. The summed E-state index contributed by atoms with van der Waals surface area (Å²) in [6.07, 6.45) is 1.55. The summed E-state index contributed by atoms with van der Waals surface area (Å²) in [5.74, 6) is 0.636. The molecule has 16 heavy (non-hydrogen) atoms. The number of nitrogen functional groups attached to an aromatic ring is 1. The van der Waals surface area contributed by atoms with Gasteiger partial charge in [0, 0.05) is 20.2 Å². The molecule has 86 valence electrons. The number of rotatable bonds is 5. The van der Waals surface area contributed by atoms with E-state index in [0.717, 1.165) is 0 Å². The van der Waals surface area contributed by atoms with E-state index in [2.05, 4.69) is 11.1 Å². The Balaban J connectivity index is 2.75. The number of hydrogen-bond donors (Lipinski definition) is 1. The normalized spacial score (nSPS) is 9.81. The minimum atomic E-state index is 0.485. The topological polar surface area (TPSA) is 75.2 Å². The lowest BCUT2D eigenvalue weighted by atomic mass is 10.2. The van der Waals surface area contributed by atoms with E-state index < -0.39 is 0 Å². The Morgan fingerprint density at radius 1 is 1.62 bits per heavy atom. The molecule has 0 aromatic carbocycles. The molecule has 0 spiro atoms. The average molecular weight is 220 g/mol. The van der Waals surface area contributed by atoms with Crippen LogP contribution in [0, 0.1) is 11.3 Å². The van der Waals surface area contributed by atoms with Gasteiger partial charge in [-0.2, -0.15) is 5.26 Å². The lowest BCUT2D eigenvalue weighted by Crippen LogP contribution is -2.24. The number of ether oxygens (including phenoxy) is 1. The van der Waals surface area contributed by atoms with Gasteiger partial charge in [-0.3, -0.25) is 0 Å². The van der Waals surface area contributed by atoms with E-state index >= 15 is 0 Å². The molecule has 1 aromatic rings. The maximum absolute atomic E-state index is 8.96. The molecule has 0 radical (unpaired) electrons. The molecule has 1 rings (SSSR count). The molecule has 0 atom stereocenters. The predicted molar refractivity (Wildman–Crippen MR) is 63.1 cm³/mol. The third-order valence-electron chi connectivity index (χ3n) is 2.14. The molecular weight excluding hydrogens is 204 g/mol. The van der Waals surface area contributed by atoms with Gasteiger partial charge >= 0.3 is 0 Å². The van der Waals surface area contributed by atoms with Crippen molar-refractivity contribution in [3.8, 4) is 6.07 Å². The van der Waals surface area contributed by atoms with Crippen molar-refractivity contribution in [2.45, 2.75) is 6.92 Å². The molecule has 2 N–H and O–H groups in total. The third kappa shape index (κ3) is 3.11. The summed E-state index contributed by atoms with van der Waals surface area (Å²) in [5, 5.41) is 8.96. The van der Waals surface area contributed by atoms with Crippen molar-refractivity contribution in [3.05, 3.63) is 17.8 Å². The SMILES string of the molecule is CCOCCN(C)c1ncc(N)cc1C#N.